The molecule has 2 rings (SSSR count). The van der Waals surface area contributed by atoms with Gasteiger partial charge in [0.15, 0.2) is 0 Å². The standard InChI is InChI=1S/C17H30/c1-5-15-13(4)11-14(10-12(2)3)16-8-6-7-9-17(15)16/h12,14-17H,4-11H2,1-3H3/t14?,15?,16?,17-/m0/s1. The van der Waals surface area contributed by atoms with E-state index in [0.717, 1.165) is 29.6 Å². The van der Waals surface area contributed by atoms with Gasteiger partial charge < -0.3 is 0 Å². The van der Waals surface area contributed by atoms with Crippen molar-refractivity contribution in [2.75, 3.05) is 0 Å². The van der Waals surface area contributed by atoms with E-state index in [-0.39, 0.29) is 0 Å². The third kappa shape index (κ3) is 2.77. The highest BCUT2D eigenvalue weighted by molar-refractivity contribution is 5.11. The summed E-state index contributed by atoms with van der Waals surface area (Å²) < 4.78 is 0. The molecule has 0 spiro atoms. The minimum absolute atomic E-state index is 0.851. The van der Waals surface area contributed by atoms with E-state index in [4.69, 9.17) is 0 Å². The third-order valence-corrected chi connectivity index (χ3v) is 5.26. The number of hydrogen-bond acceptors (Lipinski definition) is 0. The summed E-state index contributed by atoms with van der Waals surface area (Å²) in [5, 5.41) is 0. The van der Waals surface area contributed by atoms with Crippen molar-refractivity contribution in [2.24, 2.45) is 29.6 Å². The van der Waals surface area contributed by atoms with E-state index >= 15 is 0 Å². The lowest BCUT2D eigenvalue weighted by atomic mass is 9.58. The average Bonchev–Trinajstić information content (AvgIpc) is 2.28. The summed E-state index contributed by atoms with van der Waals surface area (Å²) in [7, 11) is 0. The van der Waals surface area contributed by atoms with Gasteiger partial charge in [0, 0.05) is 0 Å². The molecule has 0 aliphatic heterocycles. The first-order valence-corrected chi connectivity index (χ1v) is 7.81. The second-order valence-electron chi connectivity index (χ2n) is 6.88. The van der Waals surface area contributed by atoms with Crippen molar-refractivity contribution in [1.29, 1.82) is 0 Å². The largest absolute Gasteiger partial charge is 0.0996 e. The molecule has 0 N–H and O–H groups in total. The monoisotopic (exact) mass is 234 g/mol. The molecule has 2 aliphatic carbocycles. The van der Waals surface area contributed by atoms with Crippen LogP contribution in [0.25, 0.3) is 0 Å². The van der Waals surface area contributed by atoms with Crippen LogP contribution in [0.5, 0.6) is 0 Å². The van der Waals surface area contributed by atoms with Crippen molar-refractivity contribution in [3.63, 3.8) is 0 Å². The van der Waals surface area contributed by atoms with Crippen LogP contribution in [-0.2, 0) is 0 Å². The van der Waals surface area contributed by atoms with E-state index in [0.29, 0.717) is 0 Å². The second-order valence-corrected chi connectivity index (χ2v) is 6.88. The van der Waals surface area contributed by atoms with Crippen molar-refractivity contribution in [1.82, 2.24) is 0 Å². The molecular formula is C17H30. The van der Waals surface area contributed by atoms with Gasteiger partial charge in [-0.2, -0.15) is 0 Å². The Kier molecular flexibility index (Phi) is 4.33. The number of hydrogen-bond donors (Lipinski definition) is 0. The molecule has 0 nitrogen and oxygen atoms in total. The average molecular weight is 234 g/mol. The van der Waals surface area contributed by atoms with Gasteiger partial charge in [-0.05, 0) is 61.7 Å². The number of fused-ring (bicyclic) bond motifs is 1. The fraction of sp³-hybridized carbons (Fsp3) is 0.882. The molecule has 0 aromatic carbocycles. The second kappa shape index (κ2) is 5.59. The molecule has 2 aliphatic rings. The topological polar surface area (TPSA) is 0 Å². The van der Waals surface area contributed by atoms with Crippen LogP contribution in [0.15, 0.2) is 12.2 Å². The molecular weight excluding hydrogens is 204 g/mol. The molecule has 0 amide bonds. The number of allylic oxidation sites excluding steroid dienone is 1. The van der Waals surface area contributed by atoms with Gasteiger partial charge in [0.25, 0.3) is 0 Å². The molecule has 17 heavy (non-hydrogen) atoms. The van der Waals surface area contributed by atoms with Crippen LogP contribution in [-0.4, -0.2) is 0 Å². The van der Waals surface area contributed by atoms with Crippen molar-refractivity contribution in [3.05, 3.63) is 12.2 Å². The highest BCUT2D eigenvalue weighted by Crippen LogP contribution is 2.51. The minimum atomic E-state index is 0.851. The zero-order valence-corrected chi connectivity index (χ0v) is 12.0. The maximum absolute atomic E-state index is 4.41. The van der Waals surface area contributed by atoms with Gasteiger partial charge in [-0.3, -0.25) is 0 Å². The summed E-state index contributed by atoms with van der Waals surface area (Å²) in [5.74, 6) is 4.67. The Morgan fingerprint density at radius 3 is 2.41 bits per heavy atom. The molecule has 2 fully saturated rings. The number of rotatable bonds is 3. The summed E-state index contributed by atoms with van der Waals surface area (Å²) >= 11 is 0. The van der Waals surface area contributed by atoms with Gasteiger partial charge in [-0.15, -0.1) is 0 Å². The van der Waals surface area contributed by atoms with E-state index in [1.54, 1.807) is 5.57 Å². The minimum Gasteiger partial charge on any atom is -0.0996 e. The zero-order valence-electron chi connectivity index (χ0n) is 12.0. The lowest BCUT2D eigenvalue weighted by Gasteiger charge is -2.47. The molecule has 3 unspecified atom stereocenters. The smallest absolute Gasteiger partial charge is 0.0177 e. The summed E-state index contributed by atoms with van der Waals surface area (Å²) in [6.07, 6.45) is 10.0. The first kappa shape index (κ1) is 13.2. The van der Waals surface area contributed by atoms with E-state index in [9.17, 15) is 0 Å². The van der Waals surface area contributed by atoms with Gasteiger partial charge in [0.2, 0.25) is 0 Å². The van der Waals surface area contributed by atoms with E-state index < -0.39 is 0 Å². The normalized spacial score (nSPS) is 38.2. The first-order valence-electron chi connectivity index (χ1n) is 7.81. The lowest BCUT2D eigenvalue weighted by molar-refractivity contribution is 0.0730. The van der Waals surface area contributed by atoms with Crippen molar-refractivity contribution >= 4 is 0 Å². The summed E-state index contributed by atoms with van der Waals surface area (Å²) in [6, 6.07) is 0. The molecule has 2 saturated carbocycles. The molecule has 0 heteroatoms. The van der Waals surface area contributed by atoms with Gasteiger partial charge in [0.05, 0.1) is 0 Å². The summed E-state index contributed by atoms with van der Waals surface area (Å²) in [5.41, 5.74) is 1.58. The molecule has 0 saturated heterocycles. The van der Waals surface area contributed by atoms with E-state index in [1.807, 2.05) is 0 Å². The lowest BCUT2D eigenvalue weighted by Crippen LogP contribution is -2.38. The third-order valence-electron chi connectivity index (χ3n) is 5.26. The highest BCUT2D eigenvalue weighted by atomic mass is 14.5. The Morgan fingerprint density at radius 2 is 1.82 bits per heavy atom. The summed E-state index contributed by atoms with van der Waals surface area (Å²) in [4.78, 5) is 0. The molecule has 0 aromatic rings. The molecule has 98 valence electrons. The molecule has 0 heterocycles. The van der Waals surface area contributed by atoms with Gasteiger partial charge >= 0.3 is 0 Å². The van der Waals surface area contributed by atoms with Crippen LogP contribution in [0.4, 0.5) is 0 Å². The van der Waals surface area contributed by atoms with Crippen LogP contribution < -0.4 is 0 Å². The Morgan fingerprint density at radius 1 is 1.18 bits per heavy atom. The van der Waals surface area contributed by atoms with Crippen LogP contribution >= 0.6 is 0 Å². The fourth-order valence-electron chi connectivity index (χ4n) is 4.67. The summed E-state index contributed by atoms with van der Waals surface area (Å²) in [6.45, 7) is 11.5. The van der Waals surface area contributed by atoms with E-state index in [2.05, 4.69) is 27.4 Å². The fourth-order valence-corrected chi connectivity index (χ4v) is 4.67. The van der Waals surface area contributed by atoms with Gasteiger partial charge in [0.1, 0.15) is 0 Å². The van der Waals surface area contributed by atoms with Crippen molar-refractivity contribution < 1.29 is 0 Å². The predicted molar refractivity (Wildman–Crippen MR) is 75.9 cm³/mol. The van der Waals surface area contributed by atoms with Gasteiger partial charge in [-0.25, -0.2) is 0 Å². The maximum atomic E-state index is 4.41. The van der Waals surface area contributed by atoms with Crippen molar-refractivity contribution in [2.45, 2.75) is 65.7 Å². The van der Waals surface area contributed by atoms with Crippen LogP contribution in [0.1, 0.15) is 65.7 Å². The highest BCUT2D eigenvalue weighted by Gasteiger charge is 2.41. The van der Waals surface area contributed by atoms with Crippen molar-refractivity contribution in [3.8, 4) is 0 Å². The predicted octanol–water partition coefficient (Wildman–Crippen LogP) is 5.44. The Labute approximate surface area is 108 Å². The van der Waals surface area contributed by atoms with Crippen LogP contribution in [0.3, 0.4) is 0 Å². The van der Waals surface area contributed by atoms with Crippen LogP contribution in [0.2, 0.25) is 0 Å². The molecule has 0 bridgehead atoms. The molecule has 4 atom stereocenters. The molecule has 0 aromatic heterocycles. The maximum Gasteiger partial charge on any atom is -0.0177 e. The Balaban J connectivity index is 2.12. The SMILES string of the molecule is C=C1CC(CC(C)C)C2CCCC[C@H]2C1CC. The van der Waals surface area contributed by atoms with E-state index in [1.165, 1.54) is 44.9 Å². The quantitative estimate of drug-likeness (QED) is 0.570. The first-order chi connectivity index (χ1) is 8.13. The Bertz CT molecular complexity index is 263. The zero-order chi connectivity index (χ0) is 12.4. The van der Waals surface area contributed by atoms with Crippen LogP contribution in [0, 0.1) is 29.6 Å². The van der Waals surface area contributed by atoms with Gasteiger partial charge in [-0.1, -0.05) is 45.8 Å². The molecule has 0 radical (unpaired) electrons. The Hall–Kier alpha value is -0.260.